The number of nitrogens with zero attached hydrogens (tertiary/aromatic N) is 4. The highest BCUT2D eigenvalue weighted by atomic mass is 79.9. The van der Waals surface area contributed by atoms with Crippen LogP contribution in [0.4, 0.5) is 20.8 Å². The highest BCUT2D eigenvalue weighted by Gasteiger charge is 2.17. The molecule has 1 amide bonds. The number of benzene rings is 2. The number of likely N-dealkylation sites (N-methyl/N-ethyl adjacent to an activating group) is 1. The summed E-state index contributed by atoms with van der Waals surface area (Å²) < 4.78 is 19.6. The number of fused-ring (bicyclic) bond motifs is 1. The molecule has 0 fully saturated rings. The Bertz CT molecular complexity index is 1320. The minimum absolute atomic E-state index is 0.119. The van der Waals surface area contributed by atoms with E-state index in [1.165, 1.54) is 12.1 Å². The Morgan fingerprint density at radius 3 is 2.59 bits per heavy atom. The smallest absolute Gasteiger partial charge is 0.391 e. The van der Waals surface area contributed by atoms with Crippen molar-refractivity contribution in [1.29, 1.82) is 0 Å². The van der Waals surface area contributed by atoms with Gasteiger partial charge in [0.25, 0.3) is 0 Å². The number of hydrogen-bond acceptors (Lipinski definition) is 7. The van der Waals surface area contributed by atoms with Gasteiger partial charge in [0.05, 0.1) is 0 Å². The molecule has 0 aliphatic rings. The summed E-state index contributed by atoms with van der Waals surface area (Å²) >= 11 is 3.55. The van der Waals surface area contributed by atoms with Crippen LogP contribution in [0.1, 0.15) is 0 Å². The lowest BCUT2D eigenvalue weighted by molar-refractivity contribution is 0.198. The SMILES string of the molecule is CN(C)CCNC(=O)Oc1nc2nc(Nc3ccc(F)cc3)ncc2cc1-c1ccccc1Br. The molecule has 10 heteroatoms. The van der Waals surface area contributed by atoms with Gasteiger partial charge in [0.2, 0.25) is 11.8 Å². The summed E-state index contributed by atoms with van der Waals surface area (Å²) in [4.78, 5) is 27.7. The van der Waals surface area contributed by atoms with Crippen molar-refractivity contribution < 1.29 is 13.9 Å². The molecule has 2 heterocycles. The first-order valence-electron chi connectivity index (χ1n) is 10.4. The van der Waals surface area contributed by atoms with E-state index >= 15 is 0 Å². The Hall–Kier alpha value is -3.63. The molecule has 0 saturated heterocycles. The van der Waals surface area contributed by atoms with Crippen molar-refractivity contribution in [3.63, 3.8) is 0 Å². The van der Waals surface area contributed by atoms with Crippen molar-refractivity contribution in [2.24, 2.45) is 0 Å². The number of anilines is 2. The Morgan fingerprint density at radius 2 is 1.85 bits per heavy atom. The van der Waals surface area contributed by atoms with Crippen LogP contribution >= 0.6 is 15.9 Å². The molecule has 0 unspecified atom stereocenters. The normalized spacial score (nSPS) is 11.0. The lowest BCUT2D eigenvalue weighted by Gasteiger charge is -2.14. The summed E-state index contributed by atoms with van der Waals surface area (Å²) in [5.74, 6) is 0.0618. The van der Waals surface area contributed by atoms with Gasteiger partial charge in [-0.2, -0.15) is 9.97 Å². The number of amides is 1. The highest BCUT2D eigenvalue weighted by molar-refractivity contribution is 9.10. The summed E-state index contributed by atoms with van der Waals surface area (Å²) in [6, 6.07) is 15.2. The van der Waals surface area contributed by atoms with Gasteiger partial charge in [-0.1, -0.05) is 34.1 Å². The van der Waals surface area contributed by atoms with Gasteiger partial charge in [-0.3, -0.25) is 0 Å². The summed E-state index contributed by atoms with van der Waals surface area (Å²) in [6.45, 7) is 1.10. The second-order valence-corrected chi connectivity index (χ2v) is 8.53. The number of aromatic nitrogens is 3. The molecule has 0 radical (unpaired) electrons. The van der Waals surface area contributed by atoms with E-state index in [0.29, 0.717) is 35.4 Å². The molecule has 4 aromatic rings. The summed E-state index contributed by atoms with van der Waals surface area (Å²) in [7, 11) is 3.83. The van der Waals surface area contributed by atoms with Crippen molar-refractivity contribution in [1.82, 2.24) is 25.2 Å². The predicted octanol–water partition coefficient (Wildman–Crippen LogP) is 4.99. The molecule has 34 heavy (non-hydrogen) atoms. The minimum Gasteiger partial charge on any atom is -0.391 e. The van der Waals surface area contributed by atoms with Gasteiger partial charge in [0.15, 0.2) is 5.65 Å². The second-order valence-electron chi connectivity index (χ2n) is 7.68. The Labute approximate surface area is 204 Å². The molecule has 0 aliphatic carbocycles. The van der Waals surface area contributed by atoms with Crippen LogP contribution < -0.4 is 15.4 Å². The van der Waals surface area contributed by atoms with Crippen LogP contribution in [0, 0.1) is 5.82 Å². The topological polar surface area (TPSA) is 92.3 Å². The molecular formula is C24H22BrFN6O2. The largest absolute Gasteiger partial charge is 0.414 e. The fourth-order valence-corrected chi connectivity index (χ4v) is 3.62. The number of rotatable bonds is 7. The van der Waals surface area contributed by atoms with Gasteiger partial charge < -0.3 is 20.3 Å². The van der Waals surface area contributed by atoms with Gasteiger partial charge in [-0.25, -0.2) is 14.2 Å². The standard InChI is InChI=1S/C24H22BrFN6O2/c1-32(2)12-11-27-24(33)34-22-19(18-5-3-4-6-20(18)25)13-15-14-28-23(31-21(15)30-22)29-17-9-7-16(26)8-10-17/h3-10,13-14H,11-12H2,1-2H3,(H,27,33)(H,28,29,30,31). The lowest BCUT2D eigenvalue weighted by Crippen LogP contribution is -2.33. The van der Waals surface area contributed by atoms with Gasteiger partial charge in [-0.15, -0.1) is 0 Å². The molecule has 2 aromatic carbocycles. The molecular weight excluding hydrogens is 503 g/mol. The first-order chi connectivity index (χ1) is 16.4. The van der Waals surface area contributed by atoms with Crippen LogP contribution in [-0.2, 0) is 0 Å². The summed E-state index contributed by atoms with van der Waals surface area (Å²) in [6.07, 6.45) is 1.02. The van der Waals surface area contributed by atoms with Gasteiger partial charge in [0.1, 0.15) is 5.82 Å². The van der Waals surface area contributed by atoms with Crippen LogP contribution in [-0.4, -0.2) is 53.1 Å². The quantitative estimate of drug-likeness (QED) is 0.352. The van der Waals surface area contributed by atoms with Crippen LogP contribution in [0.15, 0.2) is 65.3 Å². The Kier molecular flexibility index (Phi) is 7.29. The molecule has 174 valence electrons. The molecule has 2 aromatic heterocycles. The molecule has 0 spiro atoms. The third-order valence-corrected chi connectivity index (χ3v) is 5.51. The molecule has 0 atom stereocenters. The van der Waals surface area contributed by atoms with Crippen molar-refractivity contribution in [2.75, 3.05) is 32.5 Å². The Morgan fingerprint density at radius 1 is 1.09 bits per heavy atom. The van der Waals surface area contributed by atoms with Crippen LogP contribution in [0.3, 0.4) is 0 Å². The molecule has 4 rings (SSSR count). The van der Waals surface area contributed by atoms with Crippen molar-refractivity contribution >= 4 is 44.7 Å². The number of carbonyl (C=O) groups excluding carboxylic acids is 1. The minimum atomic E-state index is -0.610. The predicted molar refractivity (Wildman–Crippen MR) is 133 cm³/mol. The third-order valence-electron chi connectivity index (χ3n) is 4.82. The molecule has 0 aliphatic heterocycles. The van der Waals surface area contributed by atoms with E-state index in [1.54, 1.807) is 18.3 Å². The fourth-order valence-electron chi connectivity index (χ4n) is 3.13. The van der Waals surface area contributed by atoms with Gasteiger partial charge >= 0.3 is 6.09 Å². The van der Waals surface area contributed by atoms with E-state index in [4.69, 9.17) is 4.74 Å². The van der Waals surface area contributed by atoms with E-state index < -0.39 is 6.09 Å². The first kappa shape index (κ1) is 23.5. The average molecular weight is 525 g/mol. The van der Waals surface area contributed by atoms with E-state index in [-0.39, 0.29) is 17.6 Å². The number of ether oxygens (including phenoxy) is 1. The first-order valence-corrected chi connectivity index (χ1v) is 11.2. The number of pyridine rings is 1. The maximum Gasteiger partial charge on any atom is 0.414 e. The Balaban J connectivity index is 1.69. The van der Waals surface area contributed by atoms with Gasteiger partial charge in [-0.05, 0) is 50.5 Å². The molecule has 2 N–H and O–H groups in total. The van der Waals surface area contributed by atoms with Crippen molar-refractivity contribution in [3.8, 4) is 17.0 Å². The fraction of sp³-hybridized carbons (Fsp3) is 0.167. The van der Waals surface area contributed by atoms with Crippen LogP contribution in [0.5, 0.6) is 5.88 Å². The lowest BCUT2D eigenvalue weighted by atomic mass is 10.1. The van der Waals surface area contributed by atoms with Crippen LogP contribution in [0.2, 0.25) is 0 Å². The number of nitrogens with one attached hydrogen (secondary N) is 2. The highest BCUT2D eigenvalue weighted by Crippen LogP contribution is 2.36. The molecule has 0 saturated carbocycles. The second kappa shape index (κ2) is 10.5. The average Bonchev–Trinajstić information content (AvgIpc) is 2.80. The zero-order valence-electron chi connectivity index (χ0n) is 18.5. The van der Waals surface area contributed by atoms with Crippen LogP contribution in [0.25, 0.3) is 22.2 Å². The number of halogens is 2. The van der Waals surface area contributed by atoms with E-state index in [2.05, 4.69) is 41.5 Å². The van der Waals surface area contributed by atoms with E-state index in [9.17, 15) is 9.18 Å². The zero-order valence-corrected chi connectivity index (χ0v) is 20.1. The van der Waals surface area contributed by atoms with Gasteiger partial charge in [0, 0.05) is 46.0 Å². The maximum absolute atomic E-state index is 13.2. The van der Waals surface area contributed by atoms with E-state index in [0.717, 1.165) is 10.0 Å². The monoisotopic (exact) mass is 524 g/mol. The maximum atomic E-state index is 13.2. The zero-order chi connectivity index (χ0) is 24.1. The van der Waals surface area contributed by atoms with E-state index in [1.807, 2.05) is 49.3 Å². The third kappa shape index (κ3) is 5.83. The van der Waals surface area contributed by atoms with Crippen molar-refractivity contribution in [3.05, 3.63) is 71.1 Å². The summed E-state index contributed by atoms with van der Waals surface area (Å²) in [5, 5.41) is 6.40. The van der Waals surface area contributed by atoms with Crippen molar-refractivity contribution in [2.45, 2.75) is 0 Å². The number of hydrogen-bond donors (Lipinski definition) is 2. The molecule has 8 nitrogen and oxygen atoms in total. The summed E-state index contributed by atoms with van der Waals surface area (Å²) in [5.41, 5.74) is 2.39. The number of carbonyl (C=O) groups is 1. The molecule has 0 bridgehead atoms.